The summed E-state index contributed by atoms with van der Waals surface area (Å²) in [5.41, 5.74) is 5.87. The fraction of sp³-hybridized carbons (Fsp3) is 0.519. The smallest absolute Gasteiger partial charge is 0.330 e. The normalized spacial score (nSPS) is 12.9. The van der Waals surface area contributed by atoms with E-state index in [-0.39, 0.29) is 5.97 Å². The van der Waals surface area contributed by atoms with Gasteiger partial charge in [0, 0.05) is 11.6 Å². The molecule has 0 aliphatic heterocycles. The maximum Gasteiger partial charge on any atom is 0.330 e. The van der Waals surface area contributed by atoms with Gasteiger partial charge in [0.05, 0.1) is 13.2 Å². The molecule has 0 aliphatic carbocycles. The molecule has 166 valence electrons. The van der Waals surface area contributed by atoms with Crippen molar-refractivity contribution < 1.29 is 14.3 Å². The lowest BCUT2D eigenvalue weighted by molar-refractivity contribution is -0.137. The molecule has 0 saturated carbocycles. The van der Waals surface area contributed by atoms with Gasteiger partial charge in [-0.2, -0.15) is 0 Å². The van der Waals surface area contributed by atoms with Crippen LogP contribution >= 0.6 is 0 Å². The first-order valence-corrected chi connectivity index (χ1v) is 11.3. The number of carbonyl (C=O) groups excluding carboxylic acids is 1. The Kier molecular flexibility index (Phi) is 11.2. The monoisotopic (exact) mass is 412 g/mol. The van der Waals surface area contributed by atoms with Crippen molar-refractivity contribution in [3.8, 4) is 5.75 Å². The zero-order valence-electron chi connectivity index (χ0n) is 20.2. The molecule has 0 saturated heterocycles. The molecular weight excluding hydrogens is 372 g/mol. The van der Waals surface area contributed by atoms with E-state index in [1.54, 1.807) is 0 Å². The number of esters is 1. The van der Waals surface area contributed by atoms with Crippen molar-refractivity contribution in [1.29, 1.82) is 0 Å². The van der Waals surface area contributed by atoms with Gasteiger partial charge < -0.3 is 9.47 Å². The summed E-state index contributed by atoms with van der Waals surface area (Å²) in [4.78, 5) is 11.6. The first-order chi connectivity index (χ1) is 14.2. The van der Waals surface area contributed by atoms with Crippen molar-refractivity contribution in [2.45, 2.75) is 80.1 Å². The second-order valence-electron chi connectivity index (χ2n) is 8.19. The average molecular weight is 413 g/mol. The second kappa shape index (κ2) is 13.1. The summed E-state index contributed by atoms with van der Waals surface area (Å²) in [5.74, 6) is 1.54. The Morgan fingerprint density at radius 3 is 2.30 bits per heavy atom. The van der Waals surface area contributed by atoms with Gasteiger partial charge >= 0.3 is 5.97 Å². The van der Waals surface area contributed by atoms with Crippen molar-refractivity contribution in [1.82, 2.24) is 0 Å². The Morgan fingerprint density at radius 1 is 1.07 bits per heavy atom. The third kappa shape index (κ3) is 7.85. The third-order valence-electron chi connectivity index (χ3n) is 4.89. The van der Waals surface area contributed by atoms with E-state index in [0.717, 1.165) is 24.2 Å². The van der Waals surface area contributed by atoms with Gasteiger partial charge in [0.15, 0.2) is 0 Å². The van der Waals surface area contributed by atoms with E-state index in [2.05, 4.69) is 59.8 Å². The molecule has 0 aromatic heterocycles. The maximum atomic E-state index is 11.6. The summed E-state index contributed by atoms with van der Waals surface area (Å²) in [5, 5.41) is 0. The lowest BCUT2D eigenvalue weighted by atomic mass is 9.88. The minimum absolute atomic E-state index is 0.305. The van der Waals surface area contributed by atoms with Crippen LogP contribution in [0.1, 0.15) is 96.8 Å². The molecule has 0 spiro atoms. The summed E-state index contributed by atoms with van der Waals surface area (Å²) in [6.07, 6.45) is 9.47. The number of hydrogen-bond donors (Lipinski definition) is 0. The Labute approximate surface area is 183 Å². The maximum absolute atomic E-state index is 11.6. The molecule has 0 unspecified atom stereocenters. The van der Waals surface area contributed by atoms with E-state index in [1.165, 1.54) is 28.3 Å². The Hall–Kier alpha value is -2.29. The van der Waals surface area contributed by atoms with Crippen LogP contribution in [0.5, 0.6) is 5.75 Å². The molecule has 1 aromatic rings. The van der Waals surface area contributed by atoms with E-state index < -0.39 is 0 Å². The predicted octanol–water partition coefficient (Wildman–Crippen LogP) is 7.58. The van der Waals surface area contributed by atoms with Gasteiger partial charge in [-0.25, -0.2) is 4.79 Å². The van der Waals surface area contributed by atoms with Crippen LogP contribution in [0.3, 0.4) is 0 Å². The summed E-state index contributed by atoms with van der Waals surface area (Å²) in [7, 11) is 0. The zero-order chi connectivity index (χ0) is 22.7. The van der Waals surface area contributed by atoms with Crippen molar-refractivity contribution in [2.75, 3.05) is 13.2 Å². The molecule has 30 heavy (non-hydrogen) atoms. The summed E-state index contributed by atoms with van der Waals surface area (Å²) < 4.78 is 11.2. The Bertz CT molecular complexity index is 780. The van der Waals surface area contributed by atoms with E-state index in [9.17, 15) is 4.79 Å². The fourth-order valence-electron chi connectivity index (χ4n) is 3.17. The molecule has 0 bridgehead atoms. The molecular formula is C27H40O3. The molecule has 1 aromatic carbocycles. The first-order valence-electron chi connectivity index (χ1n) is 11.3. The second-order valence-corrected chi connectivity index (χ2v) is 8.19. The van der Waals surface area contributed by atoms with Crippen LogP contribution in [0, 0.1) is 0 Å². The third-order valence-corrected chi connectivity index (χ3v) is 4.89. The molecule has 0 heterocycles. The highest BCUT2D eigenvalue weighted by Crippen LogP contribution is 2.38. The molecule has 3 nitrogen and oxygen atoms in total. The number of ether oxygens (including phenoxy) is 2. The van der Waals surface area contributed by atoms with Crippen LogP contribution in [0.25, 0.3) is 5.57 Å². The van der Waals surface area contributed by atoms with Crippen molar-refractivity contribution >= 4 is 11.5 Å². The molecule has 3 heteroatoms. The number of rotatable bonds is 11. The first kappa shape index (κ1) is 25.7. The number of hydrogen-bond acceptors (Lipinski definition) is 3. The molecule has 0 amide bonds. The van der Waals surface area contributed by atoms with Crippen molar-refractivity contribution in [3.63, 3.8) is 0 Å². The molecule has 0 N–H and O–H groups in total. The minimum atomic E-state index is -0.305. The van der Waals surface area contributed by atoms with E-state index in [4.69, 9.17) is 9.47 Å². The summed E-state index contributed by atoms with van der Waals surface area (Å²) in [6.45, 7) is 18.0. The molecule has 0 radical (unpaired) electrons. The highest BCUT2D eigenvalue weighted by Gasteiger charge is 2.18. The highest BCUT2D eigenvalue weighted by molar-refractivity contribution is 5.83. The predicted molar refractivity (Wildman–Crippen MR) is 128 cm³/mol. The largest absolute Gasteiger partial charge is 0.493 e. The Balaban J connectivity index is 3.42. The lowest BCUT2D eigenvalue weighted by Gasteiger charge is -2.22. The van der Waals surface area contributed by atoms with E-state index in [1.807, 2.05) is 26.0 Å². The summed E-state index contributed by atoms with van der Waals surface area (Å²) in [6, 6.07) is 4.59. The molecule has 1 rings (SSSR count). The fourth-order valence-corrected chi connectivity index (χ4v) is 3.17. The number of benzene rings is 1. The van der Waals surface area contributed by atoms with Crippen molar-refractivity contribution in [3.05, 3.63) is 58.7 Å². The highest BCUT2D eigenvalue weighted by atomic mass is 16.5. The van der Waals surface area contributed by atoms with Crippen LogP contribution in [0.15, 0.2) is 42.0 Å². The number of carbonyl (C=O) groups is 1. The topological polar surface area (TPSA) is 35.5 Å². The van der Waals surface area contributed by atoms with E-state index >= 15 is 0 Å². The van der Waals surface area contributed by atoms with Crippen LogP contribution < -0.4 is 4.74 Å². The Morgan fingerprint density at radius 2 is 1.77 bits per heavy atom. The molecule has 0 aliphatic rings. The summed E-state index contributed by atoms with van der Waals surface area (Å²) >= 11 is 0. The van der Waals surface area contributed by atoms with Gasteiger partial charge in [0.2, 0.25) is 0 Å². The van der Waals surface area contributed by atoms with Gasteiger partial charge in [-0.15, -0.1) is 0 Å². The number of allylic oxidation sites excluding steroid dienone is 5. The van der Waals surface area contributed by atoms with Crippen LogP contribution in [-0.2, 0) is 9.53 Å². The van der Waals surface area contributed by atoms with Crippen LogP contribution in [0.2, 0.25) is 0 Å². The van der Waals surface area contributed by atoms with Gasteiger partial charge in [-0.05, 0) is 66.9 Å². The zero-order valence-corrected chi connectivity index (χ0v) is 20.2. The van der Waals surface area contributed by atoms with Gasteiger partial charge in [-0.3, -0.25) is 0 Å². The quantitative estimate of drug-likeness (QED) is 0.213. The van der Waals surface area contributed by atoms with E-state index in [0.29, 0.717) is 25.0 Å². The van der Waals surface area contributed by atoms with Crippen LogP contribution in [-0.4, -0.2) is 19.2 Å². The minimum Gasteiger partial charge on any atom is -0.493 e. The SMILES string of the molecule is CCCOc1c(C(=CC=CC(C)=CC(=O)OCC)CC)cc(C(C)C)cc1C(C)C. The van der Waals surface area contributed by atoms with Gasteiger partial charge in [-0.1, -0.05) is 65.8 Å². The average Bonchev–Trinajstić information content (AvgIpc) is 2.69. The standard InChI is InChI=1S/C27H40O3/c1-9-15-30-27-24(20(6)7)17-23(19(4)5)18-25(27)22(10-2)14-12-13-21(8)16-26(28)29-11-3/h12-14,16-20H,9-11,15H2,1-8H3. The molecule has 0 atom stereocenters. The molecule has 0 fully saturated rings. The van der Waals surface area contributed by atoms with Crippen molar-refractivity contribution in [2.24, 2.45) is 0 Å². The van der Waals surface area contributed by atoms with Gasteiger partial charge in [0.25, 0.3) is 0 Å². The lowest BCUT2D eigenvalue weighted by Crippen LogP contribution is -2.06. The van der Waals surface area contributed by atoms with Crippen LogP contribution in [0.4, 0.5) is 0 Å². The van der Waals surface area contributed by atoms with Gasteiger partial charge in [0.1, 0.15) is 5.75 Å².